The first-order valence-corrected chi connectivity index (χ1v) is 10.3. The largest absolute Gasteiger partial charge is 0.497 e. The van der Waals surface area contributed by atoms with Gasteiger partial charge in [0.1, 0.15) is 5.75 Å². The van der Waals surface area contributed by atoms with Crippen molar-refractivity contribution in [2.45, 2.75) is 50.6 Å². The van der Waals surface area contributed by atoms with Gasteiger partial charge in [-0.25, -0.2) is 0 Å². The van der Waals surface area contributed by atoms with E-state index in [2.05, 4.69) is 67.3 Å². The van der Waals surface area contributed by atoms with Gasteiger partial charge in [-0.3, -0.25) is 4.90 Å². The third-order valence-corrected chi connectivity index (χ3v) is 7.29. The van der Waals surface area contributed by atoms with Gasteiger partial charge in [0.2, 0.25) is 0 Å². The molecule has 2 aromatic carbocycles. The zero-order valence-electron chi connectivity index (χ0n) is 16.8. The van der Waals surface area contributed by atoms with Gasteiger partial charge in [0.15, 0.2) is 0 Å². The van der Waals surface area contributed by atoms with Gasteiger partial charge < -0.3 is 10.5 Å². The van der Waals surface area contributed by atoms with Crippen molar-refractivity contribution in [3.8, 4) is 5.75 Å². The lowest BCUT2D eigenvalue weighted by Crippen LogP contribution is -2.61. The van der Waals surface area contributed by atoms with Crippen LogP contribution in [0.4, 0.5) is 0 Å². The van der Waals surface area contributed by atoms with Crippen LogP contribution in [0.2, 0.25) is 0 Å². The summed E-state index contributed by atoms with van der Waals surface area (Å²) in [6.07, 6.45) is 3.50. The Balaban J connectivity index is 1.54. The minimum atomic E-state index is 0.00322. The molecule has 0 spiro atoms. The average Bonchev–Trinajstić information content (AvgIpc) is 2.72. The van der Waals surface area contributed by atoms with Gasteiger partial charge in [-0.15, -0.1) is 0 Å². The van der Waals surface area contributed by atoms with Crippen LogP contribution in [0, 0.1) is 5.92 Å². The molecule has 2 N–H and O–H groups in total. The lowest BCUT2D eigenvalue weighted by molar-refractivity contribution is 0.00337. The summed E-state index contributed by atoms with van der Waals surface area (Å²) >= 11 is 0. The highest BCUT2D eigenvalue weighted by molar-refractivity contribution is 5.42. The number of hydrogen-bond donors (Lipinski definition) is 1. The van der Waals surface area contributed by atoms with Crippen LogP contribution in [0.1, 0.15) is 55.3 Å². The first-order chi connectivity index (χ1) is 13.0. The first kappa shape index (κ1) is 18.5. The molecule has 3 unspecified atom stereocenters. The second-order valence-corrected chi connectivity index (χ2v) is 8.55. The smallest absolute Gasteiger partial charge is 0.119 e. The van der Waals surface area contributed by atoms with E-state index >= 15 is 0 Å². The third-order valence-electron chi connectivity index (χ3n) is 7.29. The van der Waals surface area contributed by atoms with Gasteiger partial charge in [-0.05, 0) is 79.9 Å². The Morgan fingerprint density at radius 3 is 2.44 bits per heavy atom. The quantitative estimate of drug-likeness (QED) is 0.870. The van der Waals surface area contributed by atoms with E-state index in [1.807, 2.05) is 0 Å². The maximum Gasteiger partial charge on any atom is 0.119 e. The number of ether oxygens (including phenoxy) is 1. The van der Waals surface area contributed by atoms with Crippen molar-refractivity contribution >= 4 is 0 Å². The van der Waals surface area contributed by atoms with E-state index in [1.165, 1.54) is 29.5 Å². The summed E-state index contributed by atoms with van der Waals surface area (Å²) in [5, 5.41) is 0. The summed E-state index contributed by atoms with van der Waals surface area (Å²) in [6, 6.07) is 17.4. The molecule has 0 saturated carbocycles. The third kappa shape index (κ3) is 3.17. The van der Waals surface area contributed by atoms with Crippen LogP contribution < -0.4 is 10.5 Å². The number of nitrogens with two attached hydrogens (primary N) is 1. The van der Waals surface area contributed by atoms with Gasteiger partial charge in [-0.1, -0.05) is 43.3 Å². The molecule has 2 aromatic rings. The molecule has 1 aliphatic heterocycles. The molecule has 0 amide bonds. The first-order valence-electron chi connectivity index (χ1n) is 10.3. The van der Waals surface area contributed by atoms with Crippen molar-refractivity contribution in [2.24, 2.45) is 11.7 Å². The molecule has 0 bridgehead atoms. The molecule has 1 saturated heterocycles. The second-order valence-electron chi connectivity index (χ2n) is 8.55. The van der Waals surface area contributed by atoms with Crippen molar-refractivity contribution < 1.29 is 4.74 Å². The Labute approximate surface area is 163 Å². The molecule has 3 atom stereocenters. The van der Waals surface area contributed by atoms with Crippen LogP contribution in [-0.2, 0) is 6.42 Å². The predicted octanol–water partition coefficient (Wildman–Crippen LogP) is 4.53. The summed E-state index contributed by atoms with van der Waals surface area (Å²) in [4.78, 5) is 2.68. The van der Waals surface area contributed by atoms with E-state index in [0.717, 1.165) is 25.3 Å². The maximum absolute atomic E-state index is 6.90. The fraction of sp³-hybridized carbons (Fsp3) is 0.500. The molecule has 27 heavy (non-hydrogen) atoms. The van der Waals surface area contributed by atoms with E-state index in [-0.39, 0.29) is 11.6 Å². The van der Waals surface area contributed by atoms with Crippen LogP contribution in [-0.4, -0.2) is 30.6 Å². The maximum atomic E-state index is 6.90. The van der Waals surface area contributed by atoms with Crippen molar-refractivity contribution in [3.05, 3.63) is 65.2 Å². The number of rotatable bonds is 3. The molecule has 3 nitrogen and oxygen atoms in total. The highest BCUT2D eigenvalue weighted by atomic mass is 16.5. The number of piperidine rings is 1. The fourth-order valence-electron chi connectivity index (χ4n) is 5.28. The number of fused-ring (bicyclic) bond motifs is 1. The minimum Gasteiger partial charge on any atom is -0.497 e. The summed E-state index contributed by atoms with van der Waals surface area (Å²) in [7, 11) is 1.73. The SMILES string of the molecule is COc1ccc2c(c1)CC(C)C(C)(N1CCC(c3ccccc3)CC1)C2N. The number of benzene rings is 2. The standard InChI is InChI=1S/C24H32N2O/c1-17-15-20-16-21(27-3)9-10-22(20)23(25)24(17,2)26-13-11-19(12-14-26)18-7-5-4-6-8-18/h4-10,16-17,19,23H,11-15,25H2,1-3H3. The topological polar surface area (TPSA) is 38.5 Å². The summed E-state index contributed by atoms with van der Waals surface area (Å²) < 4.78 is 5.42. The zero-order chi connectivity index (χ0) is 19.0. The highest BCUT2D eigenvalue weighted by Gasteiger charge is 2.47. The lowest BCUT2D eigenvalue weighted by Gasteiger charge is -2.54. The van der Waals surface area contributed by atoms with Crippen molar-refractivity contribution in [1.29, 1.82) is 0 Å². The lowest BCUT2D eigenvalue weighted by atomic mass is 9.67. The molecule has 1 fully saturated rings. The van der Waals surface area contributed by atoms with Crippen molar-refractivity contribution in [1.82, 2.24) is 4.90 Å². The normalized spacial score (nSPS) is 29.3. The Morgan fingerprint density at radius 2 is 1.78 bits per heavy atom. The van der Waals surface area contributed by atoms with Gasteiger partial charge in [-0.2, -0.15) is 0 Å². The number of methoxy groups -OCH3 is 1. The summed E-state index contributed by atoms with van der Waals surface area (Å²) in [5.74, 6) is 2.12. The molecule has 4 rings (SSSR count). The number of likely N-dealkylation sites (tertiary alicyclic amines) is 1. The van der Waals surface area contributed by atoms with E-state index in [9.17, 15) is 0 Å². The molecule has 1 heterocycles. The molecule has 3 heteroatoms. The van der Waals surface area contributed by atoms with E-state index in [4.69, 9.17) is 10.5 Å². The van der Waals surface area contributed by atoms with Gasteiger partial charge >= 0.3 is 0 Å². The molecule has 144 valence electrons. The average molecular weight is 365 g/mol. The summed E-state index contributed by atoms with van der Waals surface area (Å²) in [5.41, 5.74) is 11.0. The van der Waals surface area contributed by atoms with E-state index in [1.54, 1.807) is 7.11 Å². The monoisotopic (exact) mass is 364 g/mol. The van der Waals surface area contributed by atoms with Crippen molar-refractivity contribution in [2.75, 3.05) is 20.2 Å². The van der Waals surface area contributed by atoms with Crippen LogP contribution in [0.3, 0.4) is 0 Å². The fourth-order valence-corrected chi connectivity index (χ4v) is 5.28. The predicted molar refractivity (Wildman–Crippen MR) is 111 cm³/mol. The van der Waals surface area contributed by atoms with Gasteiger partial charge in [0.05, 0.1) is 7.11 Å². The molecule has 0 radical (unpaired) electrons. The second kappa shape index (κ2) is 7.29. The van der Waals surface area contributed by atoms with Crippen LogP contribution in [0.5, 0.6) is 5.75 Å². The number of hydrogen-bond acceptors (Lipinski definition) is 3. The number of nitrogens with zero attached hydrogens (tertiary/aromatic N) is 1. The molecular weight excluding hydrogens is 332 g/mol. The Bertz CT molecular complexity index is 782. The van der Waals surface area contributed by atoms with E-state index < -0.39 is 0 Å². The Hall–Kier alpha value is -1.84. The molecule has 1 aliphatic carbocycles. The van der Waals surface area contributed by atoms with Crippen molar-refractivity contribution in [3.63, 3.8) is 0 Å². The van der Waals surface area contributed by atoms with Gasteiger partial charge in [0, 0.05) is 11.6 Å². The van der Waals surface area contributed by atoms with Crippen LogP contribution in [0.25, 0.3) is 0 Å². The highest BCUT2D eigenvalue weighted by Crippen LogP contribution is 2.46. The molecule has 2 aliphatic rings. The zero-order valence-corrected chi connectivity index (χ0v) is 16.8. The van der Waals surface area contributed by atoms with Crippen LogP contribution in [0.15, 0.2) is 48.5 Å². The van der Waals surface area contributed by atoms with E-state index in [0.29, 0.717) is 11.8 Å². The van der Waals surface area contributed by atoms with Crippen LogP contribution >= 0.6 is 0 Å². The Kier molecular flexibility index (Phi) is 5.00. The minimum absolute atomic E-state index is 0.00322. The molecule has 0 aromatic heterocycles. The van der Waals surface area contributed by atoms with Gasteiger partial charge in [0.25, 0.3) is 0 Å². The Morgan fingerprint density at radius 1 is 1.07 bits per heavy atom. The summed E-state index contributed by atoms with van der Waals surface area (Å²) in [6.45, 7) is 7.00. The molecular formula is C24H32N2O.